The van der Waals surface area contributed by atoms with E-state index in [1.807, 2.05) is 0 Å². The van der Waals surface area contributed by atoms with Crippen LogP contribution in [0.2, 0.25) is 0 Å². The molecule has 2 unspecified atom stereocenters. The Morgan fingerprint density at radius 2 is 1.67 bits per heavy atom. The minimum atomic E-state index is -4.69. The smallest absolute Gasteiger partial charge is 0.416 e. The Bertz CT molecular complexity index is 492. The molecule has 0 spiro atoms. The summed E-state index contributed by atoms with van der Waals surface area (Å²) in [6.07, 6.45) is -4.69. The number of halogens is 3. The summed E-state index contributed by atoms with van der Waals surface area (Å²) in [5, 5.41) is 0. The molecule has 10 heteroatoms. The molecule has 2 atom stereocenters. The van der Waals surface area contributed by atoms with Gasteiger partial charge in [-0.1, -0.05) is 6.07 Å². The quantitative estimate of drug-likeness (QED) is 0.790. The zero-order valence-electron chi connectivity index (χ0n) is 8.76. The van der Waals surface area contributed by atoms with Crippen molar-refractivity contribution in [1.29, 1.82) is 0 Å². The number of anilines is 1. The summed E-state index contributed by atoms with van der Waals surface area (Å²) in [5.74, 6) is 0. The predicted molar refractivity (Wildman–Crippen MR) is 56.5 cm³/mol. The molecular weight excluding hydrogens is 295 g/mol. The van der Waals surface area contributed by atoms with E-state index < -0.39 is 40.0 Å². The Kier molecular flexibility index (Phi) is 4.48. The van der Waals surface area contributed by atoms with Gasteiger partial charge in [-0.05, 0) is 24.6 Å². The van der Waals surface area contributed by atoms with Gasteiger partial charge in [0.25, 0.3) is 0 Å². The molecule has 0 fully saturated rings. The number of aryl methyl sites for hydroxylation is 1. The molecule has 1 aromatic carbocycles. The van der Waals surface area contributed by atoms with Crippen molar-refractivity contribution in [3.63, 3.8) is 0 Å². The molecule has 5 nitrogen and oxygen atoms in total. The standard InChI is InChI=1S/C8H8F3NO4S2/c1-5-2-3-6(8(9,10)11)4-7(5)12(17(13)14)18(15)16/h2-4H,1H3,(H,13,14)(H,15,16)/p-2. The molecule has 0 amide bonds. The Balaban J connectivity index is 3.39. The lowest BCUT2D eigenvalue weighted by molar-refractivity contribution is -0.137. The van der Waals surface area contributed by atoms with E-state index in [-0.39, 0.29) is 9.27 Å². The van der Waals surface area contributed by atoms with Crippen molar-refractivity contribution < 1.29 is 30.7 Å². The van der Waals surface area contributed by atoms with Crippen LogP contribution in [0.1, 0.15) is 11.1 Å². The lowest BCUT2D eigenvalue weighted by atomic mass is 10.1. The monoisotopic (exact) mass is 301 g/mol. The number of nitrogens with zero attached hydrogens (tertiary/aromatic N) is 1. The fourth-order valence-corrected chi connectivity index (χ4v) is 2.30. The van der Waals surface area contributed by atoms with Crippen molar-refractivity contribution in [3.8, 4) is 0 Å². The first-order chi connectivity index (χ1) is 8.14. The zero-order valence-corrected chi connectivity index (χ0v) is 10.4. The predicted octanol–water partition coefficient (Wildman–Crippen LogP) is 1.41. The summed E-state index contributed by atoms with van der Waals surface area (Å²) in [5.41, 5.74) is -1.62. The molecule has 102 valence electrons. The molecule has 0 saturated heterocycles. The van der Waals surface area contributed by atoms with Gasteiger partial charge in [0.2, 0.25) is 0 Å². The Morgan fingerprint density at radius 1 is 1.17 bits per heavy atom. The van der Waals surface area contributed by atoms with Crippen LogP contribution in [-0.4, -0.2) is 17.5 Å². The largest absolute Gasteiger partial charge is 0.754 e. The van der Waals surface area contributed by atoms with Gasteiger partial charge in [-0.25, -0.2) is 3.71 Å². The van der Waals surface area contributed by atoms with Gasteiger partial charge in [0.05, 0.1) is 33.8 Å². The summed E-state index contributed by atoms with van der Waals surface area (Å²) in [7, 11) is 0. The molecule has 1 rings (SSSR count). The molecule has 18 heavy (non-hydrogen) atoms. The van der Waals surface area contributed by atoms with Crippen molar-refractivity contribution >= 4 is 28.2 Å². The van der Waals surface area contributed by atoms with E-state index in [1.165, 1.54) is 6.92 Å². The maximum atomic E-state index is 12.4. The van der Waals surface area contributed by atoms with Crippen molar-refractivity contribution in [3.05, 3.63) is 29.3 Å². The van der Waals surface area contributed by atoms with Gasteiger partial charge in [0.1, 0.15) is 0 Å². The second-order valence-corrected chi connectivity index (χ2v) is 5.02. The lowest BCUT2D eigenvalue weighted by Crippen LogP contribution is -2.28. The maximum Gasteiger partial charge on any atom is 0.416 e. The van der Waals surface area contributed by atoms with E-state index in [0.29, 0.717) is 6.07 Å². The molecule has 0 aliphatic rings. The van der Waals surface area contributed by atoms with Crippen LogP contribution >= 0.6 is 0 Å². The second kappa shape index (κ2) is 5.34. The fraction of sp³-hybridized carbons (Fsp3) is 0.250. The minimum absolute atomic E-state index is 0.0800. The van der Waals surface area contributed by atoms with Crippen LogP contribution in [0.4, 0.5) is 18.9 Å². The van der Waals surface area contributed by atoms with Crippen molar-refractivity contribution in [2.45, 2.75) is 13.1 Å². The van der Waals surface area contributed by atoms with Gasteiger partial charge in [-0.15, -0.1) is 0 Å². The lowest BCUT2D eigenvalue weighted by Gasteiger charge is -2.29. The summed E-state index contributed by atoms with van der Waals surface area (Å²) in [6, 6.07) is 2.18. The highest BCUT2D eigenvalue weighted by atomic mass is 32.3. The molecule has 0 N–H and O–H groups in total. The highest BCUT2D eigenvalue weighted by molar-refractivity contribution is 7.98. The Morgan fingerprint density at radius 3 is 2.06 bits per heavy atom. The van der Waals surface area contributed by atoms with Crippen LogP contribution in [0.5, 0.6) is 0 Å². The summed E-state index contributed by atoms with van der Waals surface area (Å²) in [6.45, 7) is 1.29. The van der Waals surface area contributed by atoms with E-state index in [2.05, 4.69) is 0 Å². The van der Waals surface area contributed by atoms with Gasteiger partial charge in [-0.3, -0.25) is 8.42 Å². The van der Waals surface area contributed by atoms with Crippen LogP contribution in [0.25, 0.3) is 0 Å². The molecule has 0 aliphatic carbocycles. The maximum absolute atomic E-state index is 12.4. The van der Waals surface area contributed by atoms with E-state index in [9.17, 15) is 30.7 Å². The Labute approximate surface area is 105 Å². The highest BCUT2D eigenvalue weighted by Crippen LogP contribution is 2.33. The third-order valence-corrected chi connectivity index (χ3v) is 3.67. The third-order valence-electron chi connectivity index (χ3n) is 2.00. The molecule has 0 heterocycles. The molecule has 0 saturated carbocycles. The second-order valence-electron chi connectivity index (χ2n) is 3.19. The van der Waals surface area contributed by atoms with E-state index in [1.54, 1.807) is 0 Å². The summed E-state index contributed by atoms with van der Waals surface area (Å²) < 4.78 is 80.0. The average molecular weight is 301 g/mol. The summed E-state index contributed by atoms with van der Waals surface area (Å²) in [4.78, 5) is 0. The number of hydrogen-bond acceptors (Lipinski definition) is 4. The van der Waals surface area contributed by atoms with Crippen molar-refractivity contribution in [1.82, 2.24) is 0 Å². The topological polar surface area (TPSA) is 83.5 Å². The van der Waals surface area contributed by atoms with Crippen LogP contribution in [0.15, 0.2) is 18.2 Å². The molecule has 0 aliphatic heterocycles. The van der Waals surface area contributed by atoms with Crippen LogP contribution < -0.4 is 3.71 Å². The number of alkyl halides is 3. The van der Waals surface area contributed by atoms with Gasteiger partial charge < -0.3 is 9.11 Å². The number of hydrogen-bond donors (Lipinski definition) is 0. The zero-order chi connectivity index (χ0) is 14.1. The molecule has 1 aromatic rings. The Hall–Kier alpha value is -0.970. The summed E-state index contributed by atoms with van der Waals surface area (Å²) >= 11 is -6.45. The molecule has 0 bridgehead atoms. The first kappa shape index (κ1) is 15.1. The third kappa shape index (κ3) is 3.28. The van der Waals surface area contributed by atoms with Crippen molar-refractivity contribution in [2.24, 2.45) is 0 Å². The van der Waals surface area contributed by atoms with E-state index in [4.69, 9.17) is 0 Å². The van der Waals surface area contributed by atoms with E-state index >= 15 is 0 Å². The fourth-order valence-electron chi connectivity index (χ4n) is 1.19. The van der Waals surface area contributed by atoms with Gasteiger partial charge >= 0.3 is 6.18 Å². The first-order valence-corrected chi connectivity index (χ1v) is 6.37. The SMILES string of the molecule is Cc1ccc(C(F)(F)F)cc1N(S(=O)[O-])S(=O)[O-]. The number of benzene rings is 1. The molecule has 0 radical (unpaired) electrons. The minimum Gasteiger partial charge on any atom is -0.754 e. The first-order valence-electron chi connectivity index (χ1n) is 4.31. The van der Waals surface area contributed by atoms with E-state index in [0.717, 1.165) is 12.1 Å². The highest BCUT2D eigenvalue weighted by Gasteiger charge is 2.31. The average Bonchev–Trinajstić information content (AvgIpc) is 2.18. The molecular formula is C8H6F3NO4S2-2. The van der Waals surface area contributed by atoms with Crippen LogP contribution in [0.3, 0.4) is 0 Å². The van der Waals surface area contributed by atoms with Crippen molar-refractivity contribution in [2.75, 3.05) is 3.71 Å². The van der Waals surface area contributed by atoms with Gasteiger partial charge in [0.15, 0.2) is 0 Å². The normalized spacial score (nSPS) is 15.2. The van der Waals surface area contributed by atoms with Crippen LogP contribution in [0, 0.1) is 6.92 Å². The number of rotatable bonds is 3. The van der Waals surface area contributed by atoms with Gasteiger partial charge in [0, 0.05) is 0 Å². The van der Waals surface area contributed by atoms with Crippen LogP contribution in [-0.2, 0) is 28.7 Å². The van der Waals surface area contributed by atoms with Gasteiger partial charge in [-0.2, -0.15) is 13.2 Å². The molecule has 0 aromatic heterocycles.